The van der Waals surface area contributed by atoms with E-state index in [-0.39, 0.29) is 5.91 Å². The van der Waals surface area contributed by atoms with Gasteiger partial charge in [-0.25, -0.2) is 4.79 Å². The molecule has 0 radical (unpaired) electrons. The molecule has 0 bridgehead atoms. The normalized spacial score (nSPS) is 11.3. The summed E-state index contributed by atoms with van der Waals surface area (Å²) in [7, 11) is 2.96. The van der Waals surface area contributed by atoms with E-state index < -0.39 is 24.4 Å². The molecular formula is C21H23NO6. The van der Waals surface area contributed by atoms with E-state index in [1.807, 2.05) is 13.0 Å². The molecule has 0 heterocycles. The number of carbonyl (C=O) groups is 3. The first-order chi connectivity index (χ1) is 13.3. The minimum atomic E-state index is -0.897. The van der Waals surface area contributed by atoms with Crippen LogP contribution < -0.4 is 14.8 Å². The summed E-state index contributed by atoms with van der Waals surface area (Å²) in [6, 6.07) is 10.8. The first-order valence-electron chi connectivity index (χ1n) is 8.65. The van der Waals surface area contributed by atoms with Crippen LogP contribution in [0.1, 0.15) is 33.2 Å². The fourth-order valence-corrected chi connectivity index (χ4v) is 2.48. The molecule has 0 saturated heterocycles. The summed E-state index contributed by atoms with van der Waals surface area (Å²) in [6.45, 7) is 2.92. The summed E-state index contributed by atoms with van der Waals surface area (Å²) >= 11 is 0. The largest absolute Gasteiger partial charge is 0.493 e. The van der Waals surface area contributed by atoms with Gasteiger partial charge in [-0.1, -0.05) is 17.7 Å². The molecular weight excluding hydrogens is 362 g/mol. The topological polar surface area (TPSA) is 90.9 Å². The molecule has 0 aliphatic carbocycles. The van der Waals surface area contributed by atoms with Crippen LogP contribution in [0.4, 0.5) is 0 Å². The van der Waals surface area contributed by atoms with Crippen molar-refractivity contribution in [3.8, 4) is 11.5 Å². The molecule has 7 nitrogen and oxygen atoms in total. The number of ether oxygens (including phenoxy) is 3. The zero-order valence-electron chi connectivity index (χ0n) is 16.3. The fraction of sp³-hybridized carbons (Fsp3) is 0.286. The average molecular weight is 385 g/mol. The monoisotopic (exact) mass is 385 g/mol. The lowest BCUT2D eigenvalue weighted by Crippen LogP contribution is -2.40. The van der Waals surface area contributed by atoms with Gasteiger partial charge in [0.05, 0.1) is 14.2 Å². The maximum absolute atomic E-state index is 12.3. The van der Waals surface area contributed by atoms with Crippen molar-refractivity contribution in [3.63, 3.8) is 0 Å². The van der Waals surface area contributed by atoms with E-state index in [0.29, 0.717) is 22.6 Å². The summed E-state index contributed by atoms with van der Waals surface area (Å²) in [5.74, 6) is -0.595. The van der Waals surface area contributed by atoms with E-state index in [0.717, 1.165) is 5.56 Å². The number of hydrogen-bond acceptors (Lipinski definition) is 6. The van der Waals surface area contributed by atoms with Crippen molar-refractivity contribution in [3.05, 3.63) is 59.2 Å². The van der Waals surface area contributed by atoms with Crippen LogP contribution in [0, 0.1) is 6.92 Å². The summed E-state index contributed by atoms with van der Waals surface area (Å²) < 4.78 is 15.3. The van der Waals surface area contributed by atoms with Gasteiger partial charge in [0.15, 0.2) is 23.9 Å². The molecule has 0 aromatic heterocycles. The second kappa shape index (κ2) is 9.55. The maximum atomic E-state index is 12.3. The number of amides is 1. The van der Waals surface area contributed by atoms with Gasteiger partial charge < -0.3 is 19.5 Å². The number of methoxy groups -OCH3 is 2. The van der Waals surface area contributed by atoms with Gasteiger partial charge in [0.1, 0.15) is 6.04 Å². The molecule has 2 aromatic carbocycles. The number of hydrogen-bond donors (Lipinski definition) is 1. The van der Waals surface area contributed by atoms with Crippen molar-refractivity contribution in [2.45, 2.75) is 19.9 Å². The summed E-state index contributed by atoms with van der Waals surface area (Å²) in [6.07, 6.45) is 0. The lowest BCUT2D eigenvalue weighted by Gasteiger charge is -2.14. The van der Waals surface area contributed by atoms with Crippen LogP contribution >= 0.6 is 0 Å². The smallest absolute Gasteiger partial charge is 0.328 e. The van der Waals surface area contributed by atoms with Gasteiger partial charge in [-0.15, -0.1) is 0 Å². The highest BCUT2D eigenvalue weighted by atomic mass is 16.5. The molecule has 0 spiro atoms. The van der Waals surface area contributed by atoms with Gasteiger partial charge in [0, 0.05) is 11.1 Å². The number of esters is 1. The van der Waals surface area contributed by atoms with Crippen LogP contribution in [-0.2, 0) is 9.53 Å². The zero-order chi connectivity index (χ0) is 20.7. The van der Waals surface area contributed by atoms with E-state index >= 15 is 0 Å². The predicted molar refractivity (Wildman–Crippen MR) is 103 cm³/mol. The van der Waals surface area contributed by atoms with E-state index in [1.54, 1.807) is 30.3 Å². The SMILES string of the molecule is COc1ccc(C(=O)COC(=O)[C@H](C)NC(=O)c2cccc(C)c2)cc1OC. The molecule has 148 valence electrons. The highest BCUT2D eigenvalue weighted by Crippen LogP contribution is 2.27. The van der Waals surface area contributed by atoms with Crippen molar-refractivity contribution >= 4 is 17.7 Å². The Kier molecular flexibility index (Phi) is 7.14. The van der Waals surface area contributed by atoms with Crippen LogP contribution in [0.2, 0.25) is 0 Å². The van der Waals surface area contributed by atoms with Gasteiger partial charge in [0.2, 0.25) is 0 Å². The molecule has 0 unspecified atom stereocenters. The molecule has 0 aliphatic rings. The van der Waals surface area contributed by atoms with Crippen LogP contribution in [-0.4, -0.2) is 44.5 Å². The molecule has 2 rings (SSSR count). The molecule has 2 aromatic rings. The highest BCUT2D eigenvalue weighted by molar-refractivity contribution is 5.99. The third-order valence-corrected chi connectivity index (χ3v) is 4.03. The maximum Gasteiger partial charge on any atom is 0.328 e. The van der Waals surface area contributed by atoms with Gasteiger partial charge in [-0.3, -0.25) is 9.59 Å². The Morgan fingerprint density at radius 2 is 1.68 bits per heavy atom. The fourth-order valence-electron chi connectivity index (χ4n) is 2.48. The first-order valence-corrected chi connectivity index (χ1v) is 8.65. The quantitative estimate of drug-likeness (QED) is 0.555. The Bertz CT molecular complexity index is 877. The number of ketones is 1. The lowest BCUT2D eigenvalue weighted by molar-refractivity contribution is -0.144. The van der Waals surface area contributed by atoms with Crippen molar-refractivity contribution in [2.24, 2.45) is 0 Å². The minimum Gasteiger partial charge on any atom is -0.493 e. The number of benzene rings is 2. The second-order valence-electron chi connectivity index (χ2n) is 6.17. The first kappa shape index (κ1) is 21.0. The third-order valence-electron chi connectivity index (χ3n) is 4.03. The zero-order valence-corrected chi connectivity index (χ0v) is 16.3. The van der Waals surface area contributed by atoms with Crippen LogP contribution in [0.15, 0.2) is 42.5 Å². The summed E-state index contributed by atoms with van der Waals surface area (Å²) in [5.41, 5.74) is 1.70. The average Bonchev–Trinajstić information content (AvgIpc) is 2.70. The van der Waals surface area contributed by atoms with Crippen LogP contribution in [0.25, 0.3) is 0 Å². The van der Waals surface area contributed by atoms with Crippen molar-refractivity contribution in [1.82, 2.24) is 5.32 Å². The Hall–Kier alpha value is -3.35. The molecule has 7 heteroatoms. The van der Waals surface area contributed by atoms with Crippen LogP contribution in [0.3, 0.4) is 0 Å². The minimum absolute atomic E-state index is 0.321. The third kappa shape index (κ3) is 5.33. The summed E-state index contributed by atoms with van der Waals surface area (Å²) in [5, 5.41) is 2.56. The Balaban J connectivity index is 1.92. The molecule has 1 N–H and O–H groups in total. The van der Waals surface area contributed by atoms with Gasteiger partial charge in [-0.05, 0) is 44.2 Å². The van der Waals surface area contributed by atoms with E-state index in [9.17, 15) is 14.4 Å². The number of carbonyl (C=O) groups excluding carboxylic acids is 3. The number of rotatable bonds is 8. The Labute approximate surface area is 163 Å². The van der Waals surface area contributed by atoms with Crippen LogP contribution in [0.5, 0.6) is 11.5 Å². The van der Waals surface area contributed by atoms with E-state index in [1.165, 1.54) is 27.2 Å². The molecule has 1 amide bonds. The van der Waals surface area contributed by atoms with E-state index in [2.05, 4.69) is 5.32 Å². The molecule has 28 heavy (non-hydrogen) atoms. The standard InChI is InChI=1S/C21H23NO6/c1-13-6-5-7-16(10-13)20(24)22-14(2)21(25)28-12-17(23)15-8-9-18(26-3)19(11-15)27-4/h5-11,14H,12H2,1-4H3,(H,22,24)/t14-/m0/s1. The molecule has 0 saturated carbocycles. The van der Waals surface area contributed by atoms with Crippen molar-refractivity contribution < 1.29 is 28.6 Å². The van der Waals surface area contributed by atoms with Gasteiger partial charge >= 0.3 is 5.97 Å². The lowest BCUT2D eigenvalue weighted by atomic mass is 10.1. The van der Waals surface area contributed by atoms with Gasteiger partial charge in [-0.2, -0.15) is 0 Å². The molecule has 0 fully saturated rings. The highest BCUT2D eigenvalue weighted by Gasteiger charge is 2.20. The molecule has 1 atom stereocenters. The summed E-state index contributed by atoms with van der Waals surface area (Å²) in [4.78, 5) is 36.6. The van der Waals surface area contributed by atoms with E-state index in [4.69, 9.17) is 14.2 Å². The predicted octanol–water partition coefficient (Wildman–Crippen LogP) is 2.56. The number of nitrogens with one attached hydrogen (secondary N) is 1. The second-order valence-corrected chi connectivity index (χ2v) is 6.17. The van der Waals surface area contributed by atoms with Crippen molar-refractivity contribution in [2.75, 3.05) is 20.8 Å². The van der Waals surface area contributed by atoms with Crippen molar-refractivity contribution in [1.29, 1.82) is 0 Å². The Morgan fingerprint density at radius 1 is 0.964 bits per heavy atom. The number of aryl methyl sites for hydroxylation is 1. The van der Waals surface area contributed by atoms with Gasteiger partial charge in [0.25, 0.3) is 5.91 Å². The number of Topliss-reactive ketones (excluding diaryl/α,β-unsaturated/α-hetero) is 1. The molecule has 0 aliphatic heterocycles. The Morgan fingerprint density at radius 3 is 2.32 bits per heavy atom.